The lowest BCUT2D eigenvalue weighted by Gasteiger charge is -2.11. The summed E-state index contributed by atoms with van der Waals surface area (Å²) in [6.07, 6.45) is -1.22. The van der Waals surface area contributed by atoms with Crippen LogP contribution in [0.3, 0.4) is 0 Å². The average Bonchev–Trinajstić information content (AvgIpc) is 2.07. The van der Waals surface area contributed by atoms with Gasteiger partial charge in [-0.3, -0.25) is 4.98 Å². The van der Waals surface area contributed by atoms with Crippen LogP contribution in [0.5, 0.6) is 5.75 Å². The van der Waals surface area contributed by atoms with Crippen LogP contribution in [-0.4, -0.2) is 12.1 Å². The first-order valence-electron chi connectivity index (χ1n) is 3.55. The van der Waals surface area contributed by atoms with Crippen LogP contribution in [0.4, 0.5) is 8.78 Å². The molecule has 0 atom stereocenters. The second kappa shape index (κ2) is 4.00. The summed E-state index contributed by atoms with van der Waals surface area (Å²) in [4.78, 5) is 3.89. The van der Waals surface area contributed by atoms with E-state index in [4.69, 9.17) is 4.74 Å². The van der Waals surface area contributed by atoms with Gasteiger partial charge < -0.3 is 4.74 Å². The van der Waals surface area contributed by atoms with E-state index in [2.05, 4.69) is 20.9 Å². The van der Waals surface area contributed by atoms with Crippen LogP contribution in [-0.2, 0) is 0 Å². The molecular formula is C8H8BrF2NO. The lowest BCUT2D eigenvalue weighted by molar-refractivity contribution is 0.145. The predicted molar refractivity (Wildman–Crippen MR) is 48.2 cm³/mol. The van der Waals surface area contributed by atoms with Gasteiger partial charge in [0.25, 0.3) is 6.43 Å². The highest BCUT2D eigenvalue weighted by atomic mass is 79.9. The number of hydrogen-bond donors (Lipinski definition) is 0. The molecule has 1 aromatic rings. The Morgan fingerprint density at radius 1 is 1.54 bits per heavy atom. The lowest BCUT2D eigenvalue weighted by atomic mass is 10.2. The third kappa shape index (κ3) is 1.96. The molecule has 0 N–H and O–H groups in total. The topological polar surface area (TPSA) is 22.1 Å². The minimum absolute atomic E-state index is 0.143. The van der Waals surface area contributed by atoms with Gasteiger partial charge in [-0.2, -0.15) is 0 Å². The maximum atomic E-state index is 12.5. The Bertz CT molecular complexity index is 317. The first-order chi connectivity index (χ1) is 6.07. The van der Waals surface area contributed by atoms with Crippen molar-refractivity contribution in [2.45, 2.75) is 13.3 Å². The summed E-state index contributed by atoms with van der Waals surface area (Å²) in [5, 5.41) is 0. The molecule has 1 rings (SSSR count). The third-order valence-corrected chi connectivity index (χ3v) is 2.26. The Kier molecular flexibility index (Phi) is 3.19. The van der Waals surface area contributed by atoms with Gasteiger partial charge in [-0.05, 0) is 22.9 Å². The van der Waals surface area contributed by atoms with Gasteiger partial charge in [-0.15, -0.1) is 0 Å². The summed E-state index contributed by atoms with van der Waals surface area (Å²) in [5.41, 5.74) is 0.316. The molecule has 0 aliphatic carbocycles. The van der Waals surface area contributed by atoms with E-state index in [1.54, 1.807) is 6.92 Å². The zero-order chi connectivity index (χ0) is 10.0. The zero-order valence-corrected chi connectivity index (χ0v) is 8.73. The number of aryl methyl sites for hydroxylation is 1. The average molecular weight is 252 g/mol. The lowest BCUT2D eigenvalue weighted by Crippen LogP contribution is -1.98. The first kappa shape index (κ1) is 10.4. The molecule has 13 heavy (non-hydrogen) atoms. The number of pyridine rings is 1. The highest BCUT2D eigenvalue weighted by molar-refractivity contribution is 9.10. The number of halogens is 3. The molecule has 0 aromatic carbocycles. The van der Waals surface area contributed by atoms with Crippen LogP contribution >= 0.6 is 15.9 Å². The van der Waals surface area contributed by atoms with Crippen molar-refractivity contribution < 1.29 is 13.5 Å². The van der Waals surface area contributed by atoms with Crippen LogP contribution in [0.25, 0.3) is 0 Å². The smallest absolute Gasteiger partial charge is 0.268 e. The van der Waals surface area contributed by atoms with Crippen molar-refractivity contribution in [3.05, 3.63) is 21.9 Å². The largest absolute Gasteiger partial charge is 0.494 e. The van der Waals surface area contributed by atoms with E-state index in [0.29, 0.717) is 5.69 Å². The number of aromatic nitrogens is 1. The fourth-order valence-electron chi connectivity index (χ4n) is 1.05. The highest BCUT2D eigenvalue weighted by Gasteiger charge is 2.19. The van der Waals surface area contributed by atoms with Gasteiger partial charge in [0.15, 0.2) is 0 Å². The van der Waals surface area contributed by atoms with Crippen LogP contribution in [0.1, 0.15) is 17.7 Å². The summed E-state index contributed by atoms with van der Waals surface area (Å²) in [5.74, 6) is 0.143. The number of hydrogen-bond acceptors (Lipinski definition) is 2. The molecule has 72 valence electrons. The SMILES string of the molecule is COc1c(C)ncc(Br)c1C(F)F. The molecule has 5 heteroatoms. The predicted octanol–water partition coefficient (Wildman–Crippen LogP) is 3.10. The summed E-state index contributed by atoms with van der Waals surface area (Å²) in [6.45, 7) is 1.62. The molecular weight excluding hydrogens is 244 g/mol. The second-order valence-corrected chi connectivity index (χ2v) is 3.29. The van der Waals surface area contributed by atoms with Gasteiger partial charge in [0.1, 0.15) is 5.75 Å². The van der Waals surface area contributed by atoms with Crippen molar-refractivity contribution in [3.63, 3.8) is 0 Å². The Hall–Kier alpha value is -0.710. The minimum atomic E-state index is -2.56. The van der Waals surface area contributed by atoms with Crippen molar-refractivity contribution in [2.24, 2.45) is 0 Å². The molecule has 0 aliphatic rings. The zero-order valence-electron chi connectivity index (χ0n) is 7.14. The molecule has 1 aromatic heterocycles. The molecule has 1 heterocycles. The standard InChI is InChI=1S/C8H8BrF2NO/c1-4-7(13-2)6(8(10)11)5(9)3-12-4/h3,8H,1-2H3. The van der Waals surface area contributed by atoms with Crippen LogP contribution < -0.4 is 4.74 Å². The monoisotopic (exact) mass is 251 g/mol. The molecule has 0 bridgehead atoms. The van der Waals surface area contributed by atoms with Crippen LogP contribution in [0.2, 0.25) is 0 Å². The summed E-state index contributed by atoms with van der Waals surface area (Å²) >= 11 is 3.00. The molecule has 0 aliphatic heterocycles. The quantitative estimate of drug-likeness (QED) is 0.806. The summed E-state index contributed by atoms with van der Waals surface area (Å²) in [7, 11) is 1.35. The van der Waals surface area contributed by atoms with Crippen LogP contribution in [0.15, 0.2) is 10.7 Å². The fraction of sp³-hybridized carbons (Fsp3) is 0.375. The number of ether oxygens (including phenoxy) is 1. The Labute approximate surface area is 83.1 Å². The Morgan fingerprint density at radius 3 is 2.54 bits per heavy atom. The number of nitrogens with zero attached hydrogens (tertiary/aromatic N) is 1. The van der Waals surface area contributed by atoms with E-state index < -0.39 is 6.43 Å². The van der Waals surface area contributed by atoms with Gasteiger partial charge in [-0.25, -0.2) is 8.78 Å². The second-order valence-electron chi connectivity index (χ2n) is 2.44. The van der Waals surface area contributed by atoms with Gasteiger partial charge in [0, 0.05) is 10.7 Å². The first-order valence-corrected chi connectivity index (χ1v) is 4.34. The molecule has 0 fully saturated rings. The molecule has 0 unspecified atom stereocenters. The third-order valence-electron chi connectivity index (χ3n) is 1.62. The number of alkyl halides is 2. The van der Waals surface area contributed by atoms with Gasteiger partial charge in [-0.1, -0.05) is 0 Å². The van der Waals surface area contributed by atoms with Gasteiger partial charge in [0.05, 0.1) is 18.4 Å². The minimum Gasteiger partial charge on any atom is -0.494 e. The maximum Gasteiger partial charge on any atom is 0.268 e. The van der Waals surface area contributed by atoms with Crippen molar-refractivity contribution in [2.75, 3.05) is 7.11 Å². The van der Waals surface area contributed by atoms with E-state index in [1.807, 2.05) is 0 Å². The number of methoxy groups -OCH3 is 1. The highest BCUT2D eigenvalue weighted by Crippen LogP contribution is 2.36. The number of rotatable bonds is 2. The Morgan fingerprint density at radius 2 is 2.15 bits per heavy atom. The summed E-state index contributed by atoms with van der Waals surface area (Å²) in [6, 6.07) is 0. The van der Waals surface area contributed by atoms with E-state index in [0.717, 1.165) is 0 Å². The van der Waals surface area contributed by atoms with Gasteiger partial charge in [0.2, 0.25) is 0 Å². The molecule has 0 saturated carbocycles. The van der Waals surface area contributed by atoms with Crippen molar-refractivity contribution in [1.29, 1.82) is 0 Å². The van der Waals surface area contributed by atoms with Crippen molar-refractivity contribution >= 4 is 15.9 Å². The van der Waals surface area contributed by atoms with Crippen molar-refractivity contribution in [1.82, 2.24) is 4.98 Å². The van der Waals surface area contributed by atoms with Gasteiger partial charge >= 0.3 is 0 Å². The van der Waals surface area contributed by atoms with E-state index in [1.165, 1.54) is 13.3 Å². The molecule has 0 spiro atoms. The molecule has 0 saturated heterocycles. The fourth-order valence-corrected chi connectivity index (χ4v) is 1.50. The van der Waals surface area contributed by atoms with E-state index in [-0.39, 0.29) is 15.8 Å². The normalized spacial score (nSPS) is 10.6. The van der Waals surface area contributed by atoms with Crippen molar-refractivity contribution in [3.8, 4) is 5.75 Å². The summed E-state index contributed by atoms with van der Waals surface area (Å²) < 4.78 is 30.1. The molecule has 2 nitrogen and oxygen atoms in total. The van der Waals surface area contributed by atoms with E-state index >= 15 is 0 Å². The maximum absolute atomic E-state index is 12.5. The molecule has 0 radical (unpaired) electrons. The van der Waals surface area contributed by atoms with Crippen LogP contribution in [0, 0.1) is 6.92 Å². The molecule has 0 amide bonds. The Balaban J connectivity index is 3.35. The van der Waals surface area contributed by atoms with E-state index in [9.17, 15) is 8.78 Å².